The van der Waals surface area contributed by atoms with Crippen LogP contribution in [0.2, 0.25) is 10.0 Å². The molecule has 2 saturated carbocycles. The molecule has 31 heavy (non-hydrogen) atoms. The van der Waals surface area contributed by atoms with Crippen LogP contribution in [0.1, 0.15) is 42.9 Å². The normalized spacial score (nSPS) is 27.2. The average Bonchev–Trinajstić information content (AvgIpc) is 3.35. The van der Waals surface area contributed by atoms with Crippen LogP contribution < -0.4 is 0 Å². The van der Waals surface area contributed by atoms with Crippen molar-refractivity contribution >= 4 is 34.5 Å². The third-order valence-corrected chi connectivity index (χ3v) is 8.73. The van der Waals surface area contributed by atoms with Crippen molar-refractivity contribution in [3.05, 3.63) is 69.7 Å². The summed E-state index contributed by atoms with van der Waals surface area (Å²) < 4.78 is 25.9. The van der Waals surface area contributed by atoms with Crippen molar-refractivity contribution in [1.82, 2.24) is 9.21 Å². The molecule has 0 spiro atoms. The molecule has 5 rings (SSSR count). The van der Waals surface area contributed by atoms with Crippen molar-refractivity contribution in [1.29, 1.82) is 0 Å². The van der Waals surface area contributed by atoms with E-state index in [4.69, 9.17) is 23.2 Å². The second-order valence-electron chi connectivity index (χ2n) is 9.38. The summed E-state index contributed by atoms with van der Waals surface area (Å²) >= 11 is 10.1. The molecule has 166 valence electrons. The van der Waals surface area contributed by atoms with E-state index in [1.165, 1.54) is 30.4 Å². The largest absolute Gasteiger partial charge is 0.760 e. The molecular formula is C24H27Cl2N2O2S-. The Morgan fingerprint density at radius 3 is 2.00 bits per heavy atom. The molecule has 1 heterocycles. The lowest BCUT2D eigenvalue weighted by Crippen LogP contribution is -2.54. The first-order valence-electron chi connectivity index (χ1n) is 11.1. The highest BCUT2D eigenvalue weighted by molar-refractivity contribution is 7.76. The molecule has 7 heteroatoms. The second-order valence-corrected chi connectivity index (χ2v) is 11.2. The fourth-order valence-corrected chi connectivity index (χ4v) is 7.03. The van der Waals surface area contributed by atoms with Gasteiger partial charge in [0.05, 0.1) is 6.04 Å². The first kappa shape index (κ1) is 21.9. The van der Waals surface area contributed by atoms with Crippen LogP contribution in [0.5, 0.6) is 0 Å². The highest BCUT2D eigenvalue weighted by atomic mass is 35.5. The molecule has 0 amide bonds. The molecule has 2 bridgehead atoms. The molecule has 3 fully saturated rings. The van der Waals surface area contributed by atoms with Gasteiger partial charge < -0.3 is 4.55 Å². The van der Waals surface area contributed by atoms with Gasteiger partial charge in [-0.15, -0.1) is 0 Å². The predicted molar refractivity (Wildman–Crippen MR) is 125 cm³/mol. The summed E-state index contributed by atoms with van der Waals surface area (Å²) in [6.07, 6.45) is 4.73. The Balaban J connectivity index is 1.29. The zero-order valence-corrected chi connectivity index (χ0v) is 19.7. The molecule has 1 aliphatic heterocycles. The molecule has 2 aliphatic carbocycles. The summed E-state index contributed by atoms with van der Waals surface area (Å²) in [5, 5.41) is 1.44. The van der Waals surface area contributed by atoms with E-state index in [2.05, 4.69) is 29.2 Å². The van der Waals surface area contributed by atoms with Crippen LogP contribution in [0.3, 0.4) is 0 Å². The third kappa shape index (κ3) is 4.59. The highest BCUT2D eigenvalue weighted by Crippen LogP contribution is 2.47. The number of rotatable bonds is 7. The Morgan fingerprint density at radius 1 is 0.968 bits per heavy atom. The Morgan fingerprint density at radius 2 is 1.55 bits per heavy atom. The van der Waals surface area contributed by atoms with Gasteiger partial charge in [-0.1, -0.05) is 53.9 Å². The molecule has 0 N–H and O–H groups in total. The molecule has 4 atom stereocenters. The Kier molecular flexibility index (Phi) is 6.44. The van der Waals surface area contributed by atoms with Crippen molar-refractivity contribution in [3.8, 4) is 0 Å². The van der Waals surface area contributed by atoms with Crippen LogP contribution in [-0.2, 0) is 11.3 Å². The topological polar surface area (TPSA) is 46.6 Å². The van der Waals surface area contributed by atoms with Crippen molar-refractivity contribution in [2.24, 2.45) is 17.8 Å². The zero-order chi connectivity index (χ0) is 21.5. The molecule has 4 nitrogen and oxygen atoms in total. The van der Waals surface area contributed by atoms with Gasteiger partial charge >= 0.3 is 0 Å². The maximum absolute atomic E-state index is 12.0. The van der Waals surface area contributed by atoms with E-state index < -0.39 is 11.3 Å². The van der Waals surface area contributed by atoms with Gasteiger partial charge in [-0.25, -0.2) is 4.31 Å². The lowest BCUT2D eigenvalue weighted by atomic mass is 9.89. The van der Waals surface area contributed by atoms with Gasteiger partial charge in [0.15, 0.2) is 0 Å². The van der Waals surface area contributed by atoms with Crippen molar-refractivity contribution in [2.45, 2.75) is 37.8 Å². The summed E-state index contributed by atoms with van der Waals surface area (Å²) in [5.41, 5.74) is 2.37. The number of nitrogens with zero attached hydrogens (tertiary/aromatic N) is 2. The fourth-order valence-electron chi connectivity index (χ4n) is 5.97. The first-order valence-corrected chi connectivity index (χ1v) is 12.9. The van der Waals surface area contributed by atoms with E-state index >= 15 is 0 Å². The molecule has 0 radical (unpaired) electrons. The summed E-state index contributed by atoms with van der Waals surface area (Å²) in [4.78, 5) is 2.42. The molecule has 0 aromatic heterocycles. The van der Waals surface area contributed by atoms with Crippen LogP contribution >= 0.6 is 23.2 Å². The van der Waals surface area contributed by atoms with E-state index in [-0.39, 0.29) is 12.1 Å². The average molecular weight is 478 g/mol. The summed E-state index contributed by atoms with van der Waals surface area (Å²) in [7, 11) is 0. The summed E-state index contributed by atoms with van der Waals surface area (Å²) in [6, 6.07) is 16.3. The quantitative estimate of drug-likeness (QED) is 0.508. The SMILES string of the molecule is O=S([O-])N(CC1CN(C(c2ccc(Cl)cc2)c2ccc(Cl)cc2)C1)[C@@H]1C[C@H]2CC[C@@H]1C2. The van der Waals surface area contributed by atoms with Crippen molar-refractivity contribution < 1.29 is 8.76 Å². The van der Waals surface area contributed by atoms with Gasteiger partial charge in [-0.2, -0.15) is 0 Å². The van der Waals surface area contributed by atoms with Crippen LogP contribution in [-0.4, -0.2) is 43.6 Å². The zero-order valence-electron chi connectivity index (χ0n) is 17.3. The smallest absolute Gasteiger partial charge is 0.0602 e. The molecule has 2 aromatic rings. The number of halogens is 2. The minimum absolute atomic E-state index is 0.111. The number of hydrogen-bond donors (Lipinski definition) is 0. The first-order chi connectivity index (χ1) is 15.0. The van der Waals surface area contributed by atoms with E-state index in [0.29, 0.717) is 18.4 Å². The summed E-state index contributed by atoms with van der Waals surface area (Å²) in [6.45, 7) is 2.39. The number of likely N-dealkylation sites (tertiary alicyclic amines) is 1. The molecule has 1 saturated heterocycles. The van der Waals surface area contributed by atoms with E-state index in [0.717, 1.165) is 35.5 Å². The van der Waals surface area contributed by atoms with Gasteiger partial charge in [0.25, 0.3) is 0 Å². The third-order valence-electron chi connectivity index (χ3n) is 7.42. The van der Waals surface area contributed by atoms with E-state index in [1.807, 2.05) is 24.3 Å². The molecule has 1 unspecified atom stereocenters. The second kappa shape index (κ2) is 9.12. The fraction of sp³-hybridized carbons (Fsp3) is 0.500. The van der Waals surface area contributed by atoms with E-state index in [1.54, 1.807) is 4.31 Å². The molecule has 2 aromatic carbocycles. The van der Waals surface area contributed by atoms with E-state index in [9.17, 15) is 8.76 Å². The predicted octanol–water partition coefficient (Wildman–Crippen LogP) is 5.30. The molecule has 3 aliphatic rings. The summed E-state index contributed by atoms with van der Waals surface area (Å²) in [5.74, 6) is 1.66. The minimum Gasteiger partial charge on any atom is -0.760 e. The lowest BCUT2D eigenvalue weighted by molar-refractivity contribution is 0.0470. The standard InChI is InChI=1S/C24H28Cl2N2O2S/c25-21-7-3-18(4-8-21)24(19-5-9-22(26)10-6-19)27-13-17(14-27)15-28(31(29)30)23-12-16-1-2-20(23)11-16/h3-10,16-17,20,23-24H,1-2,11-15H2,(H,29,30)/p-1/t16-,20+,23+/m0/s1. The number of fused-ring (bicyclic) bond motifs is 2. The Hall–Kier alpha value is -0.950. The molecular weight excluding hydrogens is 451 g/mol. The number of hydrogen-bond acceptors (Lipinski definition) is 3. The van der Waals surface area contributed by atoms with Crippen molar-refractivity contribution in [3.63, 3.8) is 0 Å². The maximum atomic E-state index is 12.0. The maximum Gasteiger partial charge on any atom is 0.0602 e. The Labute approximate surface area is 196 Å². The monoisotopic (exact) mass is 477 g/mol. The lowest BCUT2D eigenvalue weighted by Gasteiger charge is -2.48. The van der Waals surface area contributed by atoms with Crippen LogP contribution in [0.4, 0.5) is 0 Å². The minimum atomic E-state index is -2.15. The van der Waals surface area contributed by atoms with Crippen molar-refractivity contribution in [2.75, 3.05) is 19.6 Å². The Bertz CT molecular complexity index is 888. The van der Waals surface area contributed by atoms with Crippen LogP contribution in [0.25, 0.3) is 0 Å². The van der Waals surface area contributed by atoms with Crippen LogP contribution in [0.15, 0.2) is 48.5 Å². The van der Waals surface area contributed by atoms with Gasteiger partial charge in [0, 0.05) is 47.0 Å². The highest BCUT2D eigenvalue weighted by Gasteiger charge is 2.44. The van der Waals surface area contributed by atoms with Gasteiger partial charge in [-0.3, -0.25) is 9.11 Å². The van der Waals surface area contributed by atoms with Gasteiger partial charge in [-0.05, 0) is 72.4 Å². The number of benzene rings is 2. The van der Waals surface area contributed by atoms with Crippen LogP contribution in [0, 0.1) is 17.8 Å². The van der Waals surface area contributed by atoms with Gasteiger partial charge in [0.1, 0.15) is 0 Å². The van der Waals surface area contributed by atoms with Gasteiger partial charge in [0.2, 0.25) is 0 Å².